The second-order valence-corrected chi connectivity index (χ2v) is 10.7. The maximum Gasteiger partial charge on any atom is 0.160 e. The van der Waals surface area contributed by atoms with Crippen molar-refractivity contribution in [1.82, 2.24) is 0 Å². The fourth-order valence-electron chi connectivity index (χ4n) is 1.60. The highest BCUT2D eigenvalue weighted by Crippen LogP contribution is 2.24. The van der Waals surface area contributed by atoms with Crippen molar-refractivity contribution in [2.24, 2.45) is 10.8 Å². The number of thiophene rings is 2. The zero-order chi connectivity index (χ0) is 19.3. The topological polar surface area (TPSA) is 17.1 Å². The molecule has 0 aromatic carbocycles. The van der Waals surface area contributed by atoms with Crippen LogP contribution in [0.4, 0.5) is 0 Å². The van der Waals surface area contributed by atoms with Crippen LogP contribution in [-0.4, -0.2) is 12.2 Å². The molecule has 0 atom stereocenters. The van der Waals surface area contributed by atoms with Crippen molar-refractivity contribution in [2.75, 3.05) is 5.88 Å². The summed E-state index contributed by atoms with van der Waals surface area (Å²) in [6, 6.07) is 7.99. The number of aryl methyl sites for hydroxylation is 1. The lowest BCUT2D eigenvalue weighted by molar-refractivity contribution is 0.112. The van der Waals surface area contributed by atoms with E-state index in [9.17, 15) is 4.79 Å². The molecule has 0 spiro atoms. The van der Waals surface area contributed by atoms with Gasteiger partial charge in [0.05, 0.1) is 4.88 Å². The number of alkyl halides is 1. The van der Waals surface area contributed by atoms with E-state index in [1.54, 1.807) is 22.7 Å². The Balaban J connectivity index is 0.000000400. The zero-order valence-corrected chi connectivity index (χ0v) is 18.9. The molecule has 0 aliphatic heterocycles. The molecular weight excluding hydrogens is 368 g/mol. The fraction of sp³-hybridized carbons (Fsp3) is 0.571. The summed E-state index contributed by atoms with van der Waals surface area (Å²) >= 11 is 8.80. The number of halogens is 1. The van der Waals surface area contributed by atoms with Crippen molar-refractivity contribution in [3.05, 3.63) is 44.8 Å². The van der Waals surface area contributed by atoms with Crippen molar-refractivity contribution in [3.63, 3.8) is 0 Å². The highest BCUT2D eigenvalue weighted by molar-refractivity contribution is 7.13. The molecule has 0 N–H and O–H groups in total. The molecule has 4 heteroatoms. The van der Waals surface area contributed by atoms with Crippen LogP contribution < -0.4 is 0 Å². The fourth-order valence-corrected chi connectivity index (χ4v) is 3.45. The van der Waals surface area contributed by atoms with Crippen LogP contribution in [-0.2, 0) is 6.42 Å². The van der Waals surface area contributed by atoms with E-state index in [0.717, 1.165) is 29.9 Å². The molecule has 0 saturated carbocycles. The van der Waals surface area contributed by atoms with Gasteiger partial charge in [0.2, 0.25) is 0 Å². The Morgan fingerprint density at radius 2 is 1.52 bits per heavy atom. The quantitative estimate of drug-likeness (QED) is 0.375. The molecule has 0 bridgehead atoms. The van der Waals surface area contributed by atoms with Crippen molar-refractivity contribution < 1.29 is 4.79 Å². The van der Waals surface area contributed by atoms with E-state index < -0.39 is 0 Å². The first kappa shape index (κ1) is 24.4. The Morgan fingerprint density at radius 3 is 1.80 bits per heavy atom. The lowest BCUT2D eigenvalue weighted by Gasteiger charge is -2.16. The molecule has 0 amide bonds. The number of carbonyl (C=O) groups is 1. The minimum absolute atomic E-state index is 0.380. The van der Waals surface area contributed by atoms with Crippen LogP contribution in [0, 0.1) is 10.8 Å². The number of hydrogen-bond acceptors (Lipinski definition) is 3. The second kappa shape index (κ2) is 12.7. The van der Waals surface area contributed by atoms with Gasteiger partial charge in [-0.1, -0.05) is 53.7 Å². The molecule has 2 aromatic rings. The molecule has 2 heterocycles. The van der Waals surface area contributed by atoms with Gasteiger partial charge in [-0.15, -0.1) is 22.9 Å². The summed E-state index contributed by atoms with van der Waals surface area (Å²) in [7, 11) is 0. The Kier molecular flexibility index (Phi) is 12.3. The Morgan fingerprint density at radius 1 is 0.960 bits per heavy atom. The lowest BCUT2D eigenvalue weighted by atomic mass is 9.90. The van der Waals surface area contributed by atoms with Gasteiger partial charge >= 0.3 is 0 Å². The Hall–Kier alpha value is -0.640. The van der Waals surface area contributed by atoms with Crippen molar-refractivity contribution >= 4 is 40.6 Å². The average Bonchev–Trinajstić information content (AvgIpc) is 3.18. The molecule has 2 rings (SSSR count). The third-order valence-electron chi connectivity index (χ3n) is 3.19. The normalized spacial score (nSPS) is 11.0. The standard InChI is InChI=1S/C11H16OS.C6H13Cl.C4H4S/c1-11(2,3)7-6-9-4-5-10(8-12)13-9;1-6(2,3)4-5-7;1-2-4-5-3-1/h4-5,8H,6-7H2,1-3H3;4-5H2,1-3H3;1-4H. The van der Waals surface area contributed by atoms with Crippen molar-refractivity contribution in [1.29, 1.82) is 0 Å². The monoisotopic (exact) mass is 400 g/mol. The predicted molar refractivity (Wildman–Crippen MR) is 117 cm³/mol. The van der Waals surface area contributed by atoms with Crippen LogP contribution in [0.1, 0.15) is 68.9 Å². The first-order chi connectivity index (χ1) is 11.6. The van der Waals surface area contributed by atoms with Gasteiger partial charge in [0.1, 0.15) is 0 Å². The number of rotatable bonds is 4. The van der Waals surface area contributed by atoms with Crippen LogP contribution >= 0.6 is 34.3 Å². The molecule has 0 saturated heterocycles. The highest BCUT2D eigenvalue weighted by Gasteiger charge is 2.10. The summed E-state index contributed by atoms with van der Waals surface area (Å²) in [5, 5.41) is 4.08. The van der Waals surface area contributed by atoms with Crippen molar-refractivity contribution in [2.45, 2.75) is 60.8 Å². The van der Waals surface area contributed by atoms with E-state index in [1.165, 1.54) is 11.3 Å². The SMILES string of the molecule is CC(C)(C)CCCl.CC(C)(C)CCc1ccc(C=O)s1.c1ccsc1. The average molecular weight is 401 g/mol. The van der Waals surface area contributed by atoms with Crippen LogP contribution in [0.5, 0.6) is 0 Å². The first-order valence-corrected chi connectivity index (χ1v) is 10.9. The number of carbonyl (C=O) groups excluding carboxylic acids is 1. The van der Waals surface area contributed by atoms with Gasteiger partial charge in [0.25, 0.3) is 0 Å². The van der Waals surface area contributed by atoms with Gasteiger partial charge < -0.3 is 0 Å². The smallest absolute Gasteiger partial charge is 0.160 e. The van der Waals surface area contributed by atoms with E-state index >= 15 is 0 Å². The second-order valence-electron chi connectivity index (χ2n) is 8.28. The van der Waals surface area contributed by atoms with Crippen LogP contribution in [0.25, 0.3) is 0 Å². The van der Waals surface area contributed by atoms with Gasteiger partial charge in [-0.05, 0) is 53.0 Å². The van der Waals surface area contributed by atoms with Crippen molar-refractivity contribution in [3.8, 4) is 0 Å². The third-order valence-corrected chi connectivity index (χ3v) is 5.08. The Bertz CT molecular complexity index is 528. The molecule has 0 aliphatic carbocycles. The van der Waals surface area contributed by atoms with Crippen LogP contribution in [0.3, 0.4) is 0 Å². The van der Waals surface area contributed by atoms with Gasteiger partial charge in [-0.3, -0.25) is 4.79 Å². The molecule has 0 fully saturated rings. The molecule has 0 radical (unpaired) electrons. The molecular formula is C21H33ClOS2. The summed E-state index contributed by atoms with van der Waals surface area (Å²) in [5.74, 6) is 0.781. The molecule has 2 aromatic heterocycles. The highest BCUT2D eigenvalue weighted by atomic mass is 35.5. The van der Waals surface area contributed by atoms with Gasteiger partial charge in [-0.2, -0.15) is 11.3 Å². The van der Waals surface area contributed by atoms with Gasteiger partial charge in [0, 0.05) is 10.8 Å². The number of hydrogen-bond donors (Lipinski definition) is 0. The lowest BCUT2D eigenvalue weighted by Crippen LogP contribution is -2.05. The molecule has 0 aliphatic rings. The zero-order valence-electron chi connectivity index (χ0n) is 16.5. The van der Waals surface area contributed by atoms with Gasteiger partial charge in [-0.25, -0.2) is 0 Å². The summed E-state index contributed by atoms with van der Waals surface area (Å²) in [6.45, 7) is 13.3. The maximum absolute atomic E-state index is 10.4. The van der Waals surface area contributed by atoms with E-state index in [0.29, 0.717) is 10.8 Å². The van der Waals surface area contributed by atoms with E-state index in [2.05, 4.69) is 47.6 Å². The summed E-state index contributed by atoms with van der Waals surface area (Å²) in [4.78, 5) is 12.6. The van der Waals surface area contributed by atoms with Crippen LogP contribution in [0.15, 0.2) is 35.0 Å². The largest absolute Gasteiger partial charge is 0.297 e. The minimum Gasteiger partial charge on any atom is -0.297 e. The van der Waals surface area contributed by atoms with E-state index in [-0.39, 0.29) is 0 Å². The maximum atomic E-state index is 10.4. The molecule has 25 heavy (non-hydrogen) atoms. The Labute approximate surface area is 167 Å². The summed E-state index contributed by atoms with van der Waals surface area (Å²) < 4.78 is 0. The summed E-state index contributed by atoms with van der Waals surface area (Å²) in [6.07, 6.45) is 4.29. The minimum atomic E-state index is 0.380. The van der Waals surface area contributed by atoms with E-state index in [1.807, 2.05) is 29.0 Å². The van der Waals surface area contributed by atoms with Gasteiger partial charge in [0.15, 0.2) is 6.29 Å². The molecule has 142 valence electrons. The molecule has 1 nitrogen and oxygen atoms in total. The molecule has 0 unspecified atom stereocenters. The third kappa shape index (κ3) is 16.6. The summed E-state index contributed by atoms with van der Waals surface area (Å²) in [5.41, 5.74) is 0.799. The number of aldehydes is 1. The predicted octanol–water partition coefficient (Wildman–Crippen LogP) is 7.95. The first-order valence-electron chi connectivity index (χ1n) is 8.64. The van der Waals surface area contributed by atoms with E-state index in [4.69, 9.17) is 11.6 Å². The van der Waals surface area contributed by atoms with Crippen LogP contribution in [0.2, 0.25) is 0 Å².